The Hall–Kier alpha value is -2.94. The van der Waals surface area contributed by atoms with Gasteiger partial charge >= 0.3 is 0 Å². The number of ether oxygens (including phenoxy) is 3. The first-order valence-electron chi connectivity index (χ1n) is 11.8. The van der Waals surface area contributed by atoms with Crippen LogP contribution in [0.1, 0.15) is 58.0 Å². The van der Waals surface area contributed by atoms with E-state index in [1.54, 1.807) is 13.1 Å². The van der Waals surface area contributed by atoms with E-state index in [-0.39, 0.29) is 24.1 Å². The molecule has 2 amide bonds. The smallest absolute Gasteiger partial charge is 0.254 e. The second-order valence-corrected chi connectivity index (χ2v) is 8.82. The van der Waals surface area contributed by atoms with Gasteiger partial charge in [-0.1, -0.05) is 37.3 Å². The Morgan fingerprint density at radius 1 is 1.12 bits per heavy atom. The van der Waals surface area contributed by atoms with Crippen molar-refractivity contribution in [2.24, 2.45) is 5.73 Å². The fraction of sp³-hybridized carbons (Fsp3) is 0.462. The molecule has 0 aliphatic carbocycles. The van der Waals surface area contributed by atoms with Crippen molar-refractivity contribution < 1.29 is 23.8 Å². The summed E-state index contributed by atoms with van der Waals surface area (Å²) in [7, 11) is 1.57. The third-order valence-corrected chi connectivity index (χ3v) is 6.63. The molecular weight excluding hydrogens is 434 g/mol. The summed E-state index contributed by atoms with van der Waals surface area (Å²) in [5, 5.41) is 5.63. The van der Waals surface area contributed by atoms with Crippen LogP contribution in [0.2, 0.25) is 0 Å². The molecule has 8 nitrogen and oxygen atoms in total. The van der Waals surface area contributed by atoms with Crippen LogP contribution in [0.4, 0.5) is 0 Å². The van der Waals surface area contributed by atoms with E-state index in [2.05, 4.69) is 29.7 Å². The molecular formula is C26H33N3O5. The maximum Gasteiger partial charge on any atom is 0.254 e. The number of nitrogens with one attached hydrogen (secondary N) is 2. The Morgan fingerprint density at radius 3 is 2.53 bits per heavy atom. The Labute approximate surface area is 200 Å². The highest BCUT2D eigenvalue weighted by atomic mass is 16.7. The van der Waals surface area contributed by atoms with Crippen molar-refractivity contribution in [3.63, 3.8) is 0 Å². The minimum atomic E-state index is -0.424. The zero-order chi connectivity index (χ0) is 24.1. The maximum absolute atomic E-state index is 13.1. The van der Waals surface area contributed by atoms with Crippen molar-refractivity contribution >= 4 is 11.8 Å². The van der Waals surface area contributed by atoms with E-state index in [0.29, 0.717) is 56.1 Å². The standard InChI is InChI=1S/C26H33N3O5/c1-3-26(18-8-5-4-6-9-18)16-34-23-20(25(31)28-2)12-17(13-21(23)26)24(30)29-11-7-10-22-32-14-19(27)15-33-22/h4-6,8-9,12-13,19,22H,3,7,10-11,14-16,27H2,1-2H3,(H,28,31)(H,29,30). The van der Waals surface area contributed by atoms with Gasteiger partial charge in [-0.2, -0.15) is 0 Å². The van der Waals surface area contributed by atoms with Crippen molar-refractivity contribution in [2.45, 2.75) is 43.9 Å². The van der Waals surface area contributed by atoms with Gasteiger partial charge in [-0.25, -0.2) is 0 Å². The Kier molecular flexibility index (Phi) is 7.50. The van der Waals surface area contributed by atoms with E-state index < -0.39 is 5.41 Å². The van der Waals surface area contributed by atoms with Crippen LogP contribution in [0.15, 0.2) is 42.5 Å². The summed E-state index contributed by atoms with van der Waals surface area (Å²) in [6.07, 6.45) is 1.85. The Balaban J connectivity index is 1.54. The minimum absolute atomic E-state index is 0.0830. The van der Waals surface area contributed by atoms with Crippen LogP contribution >= 0.6 is 0 Å². The third-order valence-electron chi connectivity index (χ3n) is 6.63. The number of hydrogen-bond acceptors (Lipinski definition) is 6. The fourth-order valence-corrected chi connectivity index (χ4v) is 4.64. The van der Waals surface area contributed by atoms with Crippen LogP contribution in [0, 0.1) is 0 Å². The zero-order valence-electron chi connectivity index (χ0n) is 19.8. The first kappa shape index (κ1) is 24.2. The Bertz CT molecular complexity index is 1020. The van der Waals surface area contributed by atoms with Gasteiger partial charge in [0.2, 0.25) is 0 Å². The molecule has 182 valence electrons. The highest BCUT2D eigenvalue weighted by Gasteiger charge is 2.43. The molecule has 0 spiro atoms. The predicted molar refractivity (Wildman–Crippen MR) is 128 cm³/mol. The molecule has 8 heteroatoms. The number of rotatable bonds is 8. The Morgan fingerprint density at radius 2 is 1.85 bits per heavy atom. The molecule has 2 aliphatic heterocycles. The summed E-state index contributed by atoms with van der Waals surface area (Å²) in [5.41, 5.74) is 8.11. The molecule has 0 aromatic heterocycles. The summed E-state index contributed by atoms with van der Waals surface area (Å²) in [4.78, 5) is 25.8. The first-order valence-corrected chi connectivity index (χ1v) is 11.8. The third kappa shape index (κ3) is 4.80. The van der Waals surface area contributed by atoms with Crippen LogP contribution in [0.5, 0.6) is 5.75 Å². The number of fused-ring (bicyclic) bond motifs is 1. The van der Waals surface area contributed by atoms with E-state index >= 15 is 0 Å². The van der Waals surface area contributed by atoms with Crippen molar-refractivity contribution in [1.82, 2.24) is 10.6 Å². The van der Waals surface area contributed by atoms with Crippen LogP contribution in [0.25, 0.3) is 0 Å². The van der Waals surface area contributed by atoms with E-state index in [1.165, 1.54) is 0 Å². The molecule has 4 N–H and O–H groups in total. The largest absolute Gasteiger partial charge is 0.491 e. The minimum Gasteiger partial charge on any atom is -0.491 e. The first-order chi connectivity index (χ1) is 16.5. The lowest BCUT2D eigenvalue weighted by molar-refractivity contribution is -0.188. The molecule has 2 aromatic rings. The number of carbonyl (C=O) groups is 2. The summed E-state index contributed by atoms with van der Waals surface area (Å²) in [6.45, 7) is 3.95. The van der Waals surface area contributed by atoms with E-state index in [4.69, 9.17) is 19.9 Å². The lowest BCUT2D eigenvalue weighted by atomic mass is 9.73. The average molecular weight is 468 g/mol. The second kappa shape index (κ2) is 10.5. The van der Waals surface area contributed by atoms with Crippen molar-refractivity contribution in [3.8, 4) is 5.75 Å². The fourth-order valence-electron chi connectivity index (χ4n) is 4.64. The highest BCUT2D eigenvalue weighted by Crippen LogP contribution is 2.47. The molecule has 0 radical (unpaired) electrons. The van der Waals surface area contributed by atoms with Gasteiger partial charge in [0.05, 0.1) is 30.2 Å². The molecule has 2 aliphatic rings. The predicted octanol–water partition coefficient (Wildman–Crippen LogP) is 2.34. The number of hydrogen-bond donors (Lipinski definition) is 3. The highest BCUT2D eigenvalue weighted by molar-refractivity contribution is 6.02. The van der Waals surface area contributed by atoms with E-state index in [0.717, 1.165) is 17.5 Å². The summed E-state index contributed by atoms with van der Waals surface area (Å²) in [6, 6.07) is 13.5. The van der Waals surface area contributed by atoms with Crippen LogP contribution in [-0.2, 0) is 14.9 Å². The SMILES string of the molecule is CCC1(c2ccccc2)COc2c(C(=O)NC)cc(C(=O)NCCCC3OCC(N)CO3)cc21. The maximum atomic E-state index is 13.1. The van der Waals surface area contributed by atoms with Gasteiger partial charge in [-0.05, 0) is 30.5 Å². The van der Waals surface area contributed by atoms with Gasteiger partial charge in [0, 0.05) is 31.1 Å². The number of carbonyl (C=O) groups excluding carboxylic acids is 2. The number of nitrogens with two attached hydrogens (primary N) is 1. The average Bonchev–Trinajstić information content (AvgIpc) is 3.26. The van der Waals surface area contributed by atoms with Gasteiger partial charge in [-0.15, -0.1) is 0 Å². The summed E-state index contributed by atoms with van der Waals surface area (Å²) < 4.78 is 17.2. The van der Waals surface area contributed by atoms with Crippen molar-refractivity contribution in [1.29, 1.82) is 0 Å². The van der Waals surface area contributed by atoms with Crippen LogP contribution in [-0.4, -0.2) is 57.6 Å². The molecule has 0 bridgehead atoms. The van der Waals surface area contributed by atoms with Gasteiger partial charge in [0.1, 0.15) is 12.4 Å². The zero-order valence-corrected chi connectivity index (χ0v) is 19.8. The van der Waals surface area contributed by atoms with Gasteiger partial charge in [-0.3, -0.25) is 9.59 Å². The molecule has 1 unspecified atom stereocenters. The summed E-state index contributed by atoms with van der Waals surface area (Å²) in [5.74, 6) is 0.0347. The molecule has 4 rings (SSSR count). The van der Waals surface area contributed by atoms with Gasteiger partial charge in [0.15, 0.2) is 6.29 Å². The quantitative estimate of drug-likeness (QED) is 0.514. The lowest BCUT2D eigenvalue weighted by Crippen LogP contribution is -2.41. The molecule has 2 aromatic carbocycles. The van der Waals surface area contributed by atoms with Gasteiger partial charge in [0.25, 0.3) is 11.8 Å². The van der Waals surface area contributed by atoms with Crippen molar-refractivity contribution in [3.05, 3.63) is 64.7 Å². The molecule has 1 saturated heterocycles. The molecule has 1 atom stereocenters. The van der Waals surface area contributed by atoms with Crippen LogP contribution in [0.3, 0.4) is 0 Å². The summed E-state index contributed by atoms with van der Waals surface area (Å²) >= 11 is 0. The van der Waals surface area contributed by atoms with E-state index in [1.807, 2.05) is 24.3 Å². The monoisotopic (exact) mass is 467 g/mol. The van der Waals surface area contributed by atoms with E-state index in [9.17, 15) is 9.59 Å². The van der Waals surface area contributed by atoms with Crippen LogP contribution < -0.4 is 21.1 Å². The molecule has 0 saturated carbocycles. The number of benzene rings is 2. The molecule has 2 heterocycles. The topological polar surface area (TPSA) is 112 Å². The number of amides is 2. The van der Waals surface area contributed by atoms with Crippen molar-refractivity contribution in [2.75, 3.05) is 33.4 Å². The normalized spacial score (nSPS) is 23.6. The molecule has 34 heavy (non-hydrogen) atoms. The molecule has 1 fully saturated rings. The second-order valence-electron chi connectivity index (χ2n) is 8.82. The lowest BCUT2D eigenvalue weighted by Gasteiger charge is -2.27. The van der Waals surface area contributed by atoms with Gasteiger partial charge < -0.3 is 30.6 Å².